The smallest absolute Gasteiger partial charge is 0.133 e. The highest BCUT2D eigenvalue weighted by Gasteiger charge is 2.03. The Bertz CT molecular complexity index is 291. The van der Waals surface area contributed by atoms with Crippen molar-refractivity contribution in [3.63, 3.8) is 0 Å². The van der Waals surface area contributed by atoms with Gasteiger partial charge in [0.15, 0.2) is 0 Å². The van der Waals surface area contributed by atoms with E-state index in [4.69, 9.17) is 14.2 Å². The first-order valence-electron chi connectivity index (χ1n) is 8.91. The van der Waals surface area contributed by atoms with Gasteiger partial charge in [0.25, 0.3) is 0 Å². The van der Waals surface area contributed by atoms with Gasteiger partial charge in [-0.25, -0.2) is 0 Å². The number of hydrogen-bond donors (Lipinski definition) is 0. The molecule has 136 valence electrons. The molecule has 0 aliphatic rings. The quantitative estimate of drug-likeness (QED) is 0.361. The molecule has 5 nitrogen and oxygen atoms in total. The van der Waals surface area contributed by atoms with Gasteiger partial charge in [-0.15, -0.1) is 0 Å². The van der Waals surface area contributed by atoms with Crippen LogP contribution in [-0.2, 0) is 23.8 Å². The van der Waals surface area contributed by atoms with Crippen molar-refractivity contribution >= 4 is 11.6 Å². The topological polar surface area (TPSA) is 61.8 Å². The number of ketones is 2. The van der Waals surface area contributed by atoms with Gasteiger partial charge in [0.05, 0.1) is 26.4 Å². The molecule has 0 radical (unpaired) electrons. The summed E-state index contributed by atoms with van der Waals surface area (Å²) in [7, 11) is 0. The molecule has 0 aromatic rings. The summed E-state index contributed by atoms with van der Waals surface area (Å²) in [6, 6.07) is 0. The zero-order chi connectivity index (χ0) is 17.2. The number of rotatable bonds is 18. The van der Waals surface area contributed by atoms with Crippen molar-refractivity contribution in [3.05, 3.63) is 0 Å². The second-order valence-electron chi connectivity index (χ2n) is 5.74. The van der Waals surface area contributed by atoms with Crippen molar-refractivity contribution < 1.29 is 23.8 Å². The molecule has 0 N–H and O–H groups in total. The highest BCUT2D eigenvalue weighted by molar-refractivity contribution is 5.84. The molecule has 0 aliphatic carbocycles. The predicted molar refractivity (Wildman–Crippen MR) is 90.8 cm³/mol. The van der Waals surface area contributed by atoms with Crippen LogP contribution >= 0.6 is 0 Å². The summed E-state index contributed by atoms with van der Waals surface area (Å²) >= 11 is 0. The third-order valence-corrected chi connectivity index (χ3v) is 3.39. The summed E-state index contributed by atoms with van der Waals surface area (Å²) in [4.78, 5) is 22.2. The maximum atomic E-state index is 11.4. The summed E-state index contributed by atoms with van der Waals surface area (Å²) in [6.45, 7) is 7.57. The van der Waals surface area contributed by atoms with E-state index in [1.807, 2.05) is 0 Å². The van der Waals surface area contributed by atoms with Gasteiger partial charge in [-0.05, 0) is 26.2 Å². The Balaban J connectivity index is 3.10. The standard InChI is InChI=1S/C18H34O5/c1-3-4-6-11-21-13-15-23-16-14-22-12-7-5-8-18(20)10-9-17(2)19/h3-16H2,1-2H3. The number of Topliss-reactive ketones (excluding diaryl/α,β-unsaturated/α-hetero) is 2. The summed E-state index contributed by atoms with van der Waals surface area (Å²) < 4.78 is 16.3. The average molecular weight is 330 g/mol. The third kappa shape index (κ3) is 19.2. The van der Waals surface area contributed by atoms with Crippen LogP contribution in [0.5, 0.6) is 0 Å². The van der Waals surface area contributed by atoms with E-state index in [1.165, 1.54) is 19.8 Å². The number of carbonyl (C=O) groups is 2. The molecule has 0 unspecified atom stereocenters. The molecule has 0 aliphatic heterocycles. The first-order chi connectivity index (χ1) is 11.2. The molecule has 0 saturated carbocycles. The zero-order valence-electron chi connectivity index (χ0n) is 14.9. The van der Waals surface area contributed by atoms with Crippen molar-refractivity contribution in [2.75, 3.05) is 39.6 Å². The van der Waals surface area contributed by atoms with Crippen LogP contribution in [0.4, 0.5) is 0 Å². The lowest BCUT2D eigenvalue weighted by molar-refractivity contribution is -0.123. The number of ether oxygens (including phenoxy) is 3. The fourth-order valence-electron chi connectivity index (χ4n) is 1.96. The zero-order valence-corrected chi connectivity index (χ0v) is 14.9. The highest BCUT2D eigenvalue weighted by Crippen LogP contribution is 2.02. The van der Waals surface area contributed by atoms with E-state index in [-0.39, 0.29) is 11.6 Å². The van der Waals surface area contributed by atoms with Gasteiger partial charge in [0.2, 0.25) is 0 Å². The Kier molecular flexibility index (Phi) is 17.0. The number of unbranched alkanes of at least 4 members (excludes halogenated alkanes) is 3. The Morgan fingerprint density at radius 3 is 1.70 bits per heavy atom. The molecule has 0 saturated heterocycles. The number of hydrogen-bond acceptors (Lipinski definition) is 5. The van der Waals surface area contributed by atoms with Crippen molar-refractivity contribution in [3.8, 4) is 0 Å². The monoisotopic (exact) mass is 330 g/mol. The van der Waals surface area contributed by atoms with Crippen LogP contribution in [0, 0.1) is 0 Å². The van der Waals surface area contributed by atoms with Crippen molar-refractivity contribution in [2.45, 2.75) is 65.2 Å². The van der Waals surface area contributed by atoms with Gasteiger partial charge in [0.1, 0.15) is 11.6 Å². The molecule has 23 heavy (non-hydrogen) atoms. The highest BCUT2D eigenvalue weighted by atomic mass is 16.5. The minimum absolute atomic E-state index is 0.0769. The van der Waals surface area contributed by atoms with Gasteiger partial charge < -0.3 is 19.0 Å². The maximum absolute atomic E-state index is 11.4. The second-order valence-corrected chi connectivity index (χ2v) is 5.74. The van der Waals surface area contributed by atoms with Crippen LogP contribution in [0.2, 0.25) is 0 Å². The van der Waals surface area contributed by atoms with Gasteiger partial charge in [-0.3, -0.25) is 4.79 Å². The SMILES string of the molecule is CCCCCOCCOCCOCCCCC(=O)CCC(C)=O. The fraction of sp³-hybridized carbons (Fsp3) is 0.889. The normalized spacial score (nSPS) is 10.9. The van der Waals surface area contributed by atoms with E-state index in [2.05, 4.69) is 6.92 Å². The molecule has 0 spiro atoms. The molecule has 5 heteroatoms. The number of carbonyl (C=O) groups excluding carboxylic acids is 2. The van der Waals surface area contributed by atoms with Crippen molar-refractivity contribution in [1.82, 2.24) is 0 Å². The minimum Gasteiger partial charge on any atom is -0.379 e. The molecule has 0 bridgehead atoms. The summed E-state index contributed by atoms with van der Waals surface area (Å²) in [5, 5.41) is 0. The van der Waals surface area contributed by atoms with Crippen LogP contribution < -0.4 is 0 Å². The summed E-state index contributed by atoms with van der Waals surface area (Å²) in [5.74, 6) is 0.246. The van der Waals surface area contributed by atoms with E-state index in [0.717, 1.165) is 25.9 Å². The minimum atomic E-state index is 0.0769. The predicted octanol–water partition coefficient (Wildman–Crippen LogP) is 3.34. The van der Waals surface area contributed by atoms with E-state index in [9.17, 15) is 9.59 Å². The van der Waals surface area contributed by atoms with Crippen LogP contribution in [0.15, 0.2) is 0 Å². The first kappa shape index (κ1) is 22.2. The lowest BCUT2D eigenvalue weighted by Gasteiger charge is -2.06. The van der Waals surface area contributed by atoms with Gasteiger partial charge >= 0.3 is 0 Å². The fourth-order valence-corrected chi connectivity index (χ4v) is 1.96. The molecule has 0 aromatic carbocycles. The second kappa shape index (κ2) is 17.6. The molecule has 0 heterocycles. The Morgan fingerprint density at radius 2 is 1.17 bits per heavy atom. The Labute approximate surface area is 141 Å². The lowest BCUT2D eigenvalue weighted by Crippen LogP contribution is -2.10. The molecule has 0 amide bonds. The largest absolute Gasteiger partial charge is 0.379 e. The van der Waals surface area contributed by atoms with Crippen LogP contribution in [0.3, 0.4) is 0 Å². The Hall–Kier alpha value is -0.780. The molecular formula is C18H34O5. The van der Waals surface area contributed by atoms with E-state index in [0.29, 0.717) is 52.3 Å². The van der Waals surface area contributed by atoms with Crippen molar-refractivity contribution in [1.29, 1.82) is 0 Å². The Morgan fingerprint density at radius 1 is 0.652 bits per heavy atom. The van der Waals surface area contributed by atoms with E-state index in [1.54, 1.807) is 0 Å². The summed E-state index contributed by atoms with van der Waals surface area (Å²) in [6.07, 6.45) is 6.54. The van der Waals surface area contributed by atoms with Crippen LogP contribution in [-0.4, -0.2) is 51.2 Å². The molecular weight excluding hydrogens is 296 g/mol. The van der Waals surface area contributed by atoms with Gasteiger partial charge in [-0.2, -0.15) is 0 Å². The van der Waals surface area contributed by atoms with Crippen molar-refractivity contribution in [2.24, 2.45) is 0 Å². The molecule has 0 rings (SSSR count). The molecule has 0 aromatic heterocycles. The molecule has 0 atom stereocenters. The average Bonchev–Trinajstić information content (AvgIpc) is 2.53. The summed E-state index contributed by atoms with van der Waals surface area (Å²) in [5.41, 5.74) is 0. The van der Waals surface area contributed by atoms with E-state index >= 15 is 0 Å². The third-order valence-electron chi connectivity index (χ3n) is 3.39. The van der Waals surface area contributed by atoms with Crippen LogP contribution in [0.1, 0.15) is 65.2 Å². The molecule has 0 fully saturated rings. The first-order valence-corrected chi connectivity index (χ1v) is 8.91. The van der Waals surface area contributed by atoms with Crippen LogP contribution in [0.25, 0.3) is 0 Å². The van der Waals surface area contributed by atoms with Gasteiger partial charge in [-0.1, -0.05) is 19.8 Å². The lowest BCUT2D eigenvalue weighted by atomic mass is 10.1. The van der Waals surface area contributed by atoms with Gasteiger partial charge in [0, 0.05) is 32.5 Å². The maximum Gasteiger partial charge on any atom is 0.133 e. The van der Waals surface area contributed by atoms with E-state index < -0.39 is 0 Å².